The Morgan fingerprint density at radius 1 is 1.25 bits per heavy atom. The second kappa shape index (κ2) is 9.40. The minimum absolute atomic E-state index is 0.105. The zero-order valence-electron chi connectivity index (χ0n) is 15.1. The highest BCUT2D eigenvalue weighted by Gasteiger charge is 2.18. The Kier molecular flexibility index (Phi) is 6.69. The number of halogens is 1. The minimum atomic E-state index is -0.169. The Morgan fingerprint density at radius 2 is 2.07 bits per heavy atom. The van der Waals surface area contributed by atoms with Crippen LogP contribution in [0.25, 0.3) is 11.5 Å². The number of hydrogen-bond donors (Lipinski definition) is 0. The zero-order chi connectivity index (χ0) is 19.9. The van der Waals surface area contributed by atoms with Gasteiger partial charge in [-0.1, -0.05) is 47.1 Å². The number of anilines is 1. The normalized spacial score (nSPS) is 10.5. The molecule has 0 atom stereocenters. The van der Waals surface area contributed by atoms with Crippen molar-refractivity contribution in [3.63, 3.8) is 0 Å². The van der Waals surface area contributed by atoms with Crippen molar-refractivity contribution in [3.05, 3.63) is 59.1 Å². The summed E-state index contributed by atoms with van der Waals surface area (Å²) in [4.78, 5) is 14.3. The maximum absolute atomic E-state index is 12.7. The molecule has 3 rings (SSSR count). The van der Waals surface area contributed by atoms with Crippen LogP contribution in [0.5, 0.6) is 0 Å². The van der Waals surface area contributed by atoms with Crippen LogP contribution >= 0.6 is 23.4 Å². The Hall–Kier alpha value is -2.82. The number of amides is 1. The maximum Gasteiger partial charge on any atom is 0.277 e. The molecule has 1 heterocycles. The Labute approximate surface area is 172 Å². The summed E-state index contributed by atoms with van der Waals surface area (Å²) >= 11 is 7.19. The number of nitrogens with zero attached hydrogens (tertiary/aromatic N) is 4. The molecule has 0 fully saturated rings. The lowest BCUT2D eigenvalue weighted by Gasteiger charge is -2.21. The van der Waals surface area contributed by atoms with Crippen LogP contribution in [0.2, 0.25) is 5.02 Å². The second-order valence-electron chi connectivity index (χ2n) is 5.96. The molecule has 2 aromatic carbocycles. The Bertz CT molecular complexity index is 1020. The molecule has 0 aliphatic heterocycles. The number of rotatable bonds is 7. The molecule has 3 aromatic rings. The first-order chi connectivity index (χ1) is 13.6. The number of hydrogen-bond acceptors (Lipinski definition) is 6. The van der Waals surface area contributed by atoms with Crippen LogP contribution in [-0.4, -0.2) is 28.4 Å². The van der Waals surface area contributed by atoms with E-state index in [-0.39, 0.29) is 24.6 Å². The third kappa shape index (κ3) is 5.12. The van der Waals surface area contributed by atoms with Gasteiger partial charge in [-0.15, -0.1) is 10.2 Å². The summed E-state index contributed by atoms with van der Waals surface area (Å²) < 4.78 is 5.66. The molecule has 1 aromatic heterocycles. The molecule has 28 heavy (non-hydrogen) atoms. The number of benzene rings is 2. The molecule has 0 aliphatic carbocycles. The van der Waals surface area contributed by atoms with E-state index < -0.39 is 0 Å². The fourth-order valence-electron chi connectivity index (χ4n) is 2.57. The van der Waals surface area contributed by atoms with Crippen molar-refractivity contribution in [2.24, 2.45) is 0 Å². The third-order valence-corrected chi connectivity index (χ3v) is 4.90. The van der Waals surface area contributed by atoms with E-state index in [1.165, 1.54) is 0 Å². The van der Waals surface area contributed by atoms with Gasteiger partial charge in [0.05, 0.1) is 18.2 Å². The van der Waals surface area contributed by atoms with Crippen molar-refractivity contribution in [2.45, 2.75) is 18.6 Å². The molecule has 0 spiro atoms. The molecule has 0 unspecified atom stereocenters. The minimum Gasteiger partial charge on any atom is -0.411 e. The van der Waals surface area contributed by atoms with E-state index in [1.807, 2.05) is 31.2 Å². The zero-order valence-corrected chi connectivity index (χ0v) is 16.7. The quantitative estimate of drug-likeness (QED) is 0.521. The summed E-state index contributed by atoms with van der Waals surface area (Å²) in [5.41, 5.74) is 2.58. The molecular formula is C20H17ClN4O2S. The average Bonchev–Trinajstić information content (AvgIpc) is 3.16. The highest BCUT2D eigenvalue weighted by molar-refractivity contribution is 7.99. The van der Waals surface area contributed by atoms with Crippen LogP contribution in [0.1, 0.15) is 12.0 Å². The number of carbonyl (C=O) groups is 1. The largest absolute Gasteiger partial charge is 0.411 e. The first kappa shape index (κ1) is 19.9. The van der Waals surface area contributed by atoms with Gasteiger partial charge >= 0.3 is 0 Å². The van der Waals surface area contributed by atoms with Gasteiger partial charge in [-0.2, -0.15) is 5.26 Å². The highest BCUT2D eigenvalue weighted by atomic mass is 35.5. The van der Waals surface area contributed by atoms with Gasteiger partial charge < -0.3 is 9.32 Å². The summed E-state index contributed by atoms with van der Waals surface area (Å²) in [5, 5.41) is 17.8. The highest BCUT2D eigenvalue weighted by Crippen LogP contribution is 2.25. The van der Waals surface area contributed by atoms with Crippen LogP contribution in [0.15, 0.2) is 58.2 Å². The molecule has 0 N–H and O–H groups in total. The third-order valence-electron chi connectivity index (χ3n) is 3.86. The van der Waals surface area contributed by atoms with Gasteiger partial charge in [0.15, 0.2) is 0 Å². The lowest BCUT2D eigenvalue weighted by atomic mass is 10.1. The van der Waals surface area contributed by atoms with Crippen molar-refractivity contribution in [1.82, 2.24) is 10.2 Å². The predicted octanol–water partition coefficient (Wildman–Crippen LogP) is 4.74. The van der Waals surface area contributed by atoms with Gasteiger partial charge in [0.25, 0.3) is 5.22 Å². The van der Waals surface area contributed by atoms with Gasteiger partial charge in [-0.3, -0.25) is 4.79 Å². The molecule has 0 saturated carbocycles. The first-order valence-corrected chi connectivity index (χ1v) is 9.89. The monoisotopic (exact) mass is 412 g/mol. The van der Waals surface area contributed by atoms with Crippen molar-refractivity contribution in [3.8, 4) is 17.5 Å². The van der Waals surface area contributed by atoms with Gasteiger partial charge in [0.2, 0.25) is 11.8 Å². The molecule has 8 heteroatoms. The number of thioether (sulfide) groups is 1. The van der Waals surface area contributed by atoms with E-state index in [2.05, 4.69) is 16.3 Å². The summed E-state index contributed by atoms with van der Waals surface area (Å²) in [5.74, 6) is 0.348. The van der Waals surface area contributed by atoms with Gasteiger partial charge in [-0.25, -0.2) is 0 Å². The standard InChI is InChI=1S/C20H17ClN4O2S/c1-14-5-2-6-15(11-14)19-23-24-20(27-19)28-13-18(26)25(10-4-9-22)17-8-3-7-16(21)12-17/h2-3,5-8,11-12H,4,10,13H2,1H3. The summed E-state index contributed by atoms with van der Waals surface area (Å²) in [6, 6.07) is 16.8. The average molecular weight is 413 g/mol. The number of nitriles is 1. The van der Waals surface area contributed by atoms with E-state index in [4.69, 9.17) is 21.3 Å². The van der Waals surface area contributed by atoms with Crippen molar-refractivity contribution in [1.29, 1.82) is 5.26 Å². The van der Waals surface area contributed by atoms with E-state index in [0.29, 0.717) is 21.8 Å². The molecular weight excluding hydrogens is 396 g/mol. The maximum atomic E-state index is 12.7. The van der Waals surface area contributed by atoms with Crippen LogP contribution in [0, 0.1) is 18.3 Å². The van der Waals surface area contributed by atoms with Crippen LogP contribution < -0.4 is 4.90 Å². The first-order valence-electron chi connectivity index (χ1n) is 8.53. The van der Waals surface area contributed by atoms with Crippen LogP contribution in [0.3, 0.4) is 0 Å². The fourth-order valence-corrected chi connectivity index (χ4v) is 3.39. The fraction of sp³-hybridized carbons (Fsp3) is 0.200. The Balaban J connectivity index is 1.68. The molecule has 142 valence electrons. The Morgan fingerprint density at radius 3 is 2.82 bits per heavy atom. The van der Waals surface area contributed by atoms with E-state index in [1.54, 1.807) is 29.2 Å². The second-order valence-corrected chi connectivity index (χ2v) is 7.33. The molecule has 0 saturated heterocycles. The molecule has 0 aliphatic rings. The molecule has 6 nitrogen and oxygen atoms in total. The van der Waals surface area contributed by atoms with E-state index in [0.717, 1.165) is 22.9 Å². The molecule has 0 bridgehead atoms. The number of carbonyl (C=O) groups excluding carboxylic acids is 1. The summed E-state index contributed by atoms with van der Waals surface area (Å²) in [7, 11) is 0. The number of aromatic nitrogens is 2. The SMILES string of the molecule is Cc1cccc(-c2nnc(SCC(=O)N(CCC#N)c3cccc(Cl)c3)o2)c1. The predicted molar refractivity (Wildman–Crippen MR) is 109 cm³/mol. The van der Waals surface area contributed by atoms with Gasteiger partial charge in [-0.05, 0) is 37.3 Å². The van der Waals surface area contributed by atoms with Gasteiger partial charge in [0, 0.05) is 22.8 Å². The molecule has 0 radical (unpaired) electrons. The number of aryl methyl sites for hydroxylation is 1. The van der Waals surface area contributed by atoms with Crippen LogP contribution in [-0.2, 0) is 4.79 Å². The smallest absolute Gasteiger partial charge is 0.277 e. The lowest BCUT2D eigenvalue weighted by Crippen LogP contribution is -2.33. The molecule has 1 amide bonds. The van der Waals surface area contributed by atoms with E-state index in [9.17, 15) is 4.79 Å². The summed E-state index contributed by atoms with van der Waals surface area (Å²) in [6.45, 7) is 2.27. The van der Waals surface area contributed by atoms with E-state index >= 15 is 0 Å². The van der Waals surface area contributed by atoms with Crippen LogP contribution in [0.4, 0.5) is 5.69 Å². The summed E-state index contributed by atoms with van der Waals surface area (Å²) in [6.07, 6.45) is 0.223. The van der Waals surface area contributed by atoms with Crippen molar-refractivity contribution in [2.75, 3.05) is 17.2 Å². The van der Waals surface area contributed by atoms with Crippen molar-refractivity contribution >= 4 is 35.0 Å². The topological polar surface area (TPSA) is 83.0 Å². The lowest BCUT2D eigenvalue weighted by molar-refractivity contribution is -0.116. The van der Waals surface area contributed by atoms with Gasteiger partial charge in [0.1, 0.15) is 0 Å². The van der Waals surface area contributed by atoms with Crippen molar-refractivity contribution < 1.29 is 9.21 Å².